The van der Waals surface area contributed by atoms with Crippen molar-refractivity contribution in [2.75, 3.05) is 5.32 Å². The summed E-state index contributed by atoms with van der Waals surface area (Å²) in [6.07, 6.45) is 3.08. The number of benzene rings is 1. The first-order chi connectivity index (χ1) is 14.3. The van der Waals surface area contributed by atoms with Gasteiger partial charge in [-0.3, -0.25) is 0 Å². The maximum Gasteiger partial charge on any atom is 0.384 e. The van der Waals surface area contributed by atoms with Crippen LogP contribution in [-0.2, 0) is 0 Å². The average Bonchev–Trinajstić information content (AvgIpc) is 2.71. The number of nitrogens with one attached hydrogen (secondary N) is 1. The molecule has 7 nitrogen and oxygen atoms in total. The summed E-state index contributed by atoms with van der Waals surface area (Å²) in [7, 11) is 0. The minimum absolute atomic E-state index is 0.379. The Labute approximate surface area is 172 Å². The number of pyridine rings is 2. The highest BCUT2D eigenvalue weighted by molar-refractivity contribution is 5.88. The van der Waals surface area contributed by atoms with Crippen LogP contribution < -0.4 is 15.8 Å². The normalized spacial score (nSPS) is 11.5. The van der Waals surface area contributed by atoms with Crippen molar-refractivity contribution in [1.82, 2.24) is 19.7 Å². The molecule has 1 aromatic carbocycles. The van der Waals surface area contributed by atoms with Gasteiger partial charge in [0.15, 0.2) is 5.65 Å². The summed E-state index contributed by atoms with van der Waals surface area (Å²) >= 11 is 0. The zero-order valence-corrected chi connectivity index (χ0v) is 16.8. The van der Waals surface area contributed by atoms with E-state index in [9.17, 15) is 9.18 Å². The van der Waals surface area contributed by atoms with Crippen LogP contribution in [0.4, 0.5) is 15.9 Å². The lowest BCUT2D eigenvalue weighted by Gasteiger charge is -2.22. The maximum absolute atomic E-state index is 13.0. The third kappa shape index (κ3) is 4.12. The molecule has 3 aromatic heterocycles. The van der Waals surface area contributed by atoms with Gasteiger partial charge in [-0.05, 0) is 62.7 Å². The Kier molecular flexibility index (Phi) is 4.91. The lowest BCUT2D eigenvalue weighted by molar-refractivity contribution is -0.0160. The summed E-state index contributed by atoms with van der Waals surface area (Å²) in [4.78, 5) is 30.5. The summed E-state index contributed by atoms with van der Waals surface area (Å²) in [5.41, 5.74) is 1.66. The Morgan fingerprint density at radius 3 is 2.40 bits per heavy atom. The van der Waals surface area contributed by atoms with Crippen LogP contribution in [0.3, 0.4) is 0 Å². The van der Waals surface area contributed by atoms with Crippen molar-refractivity contribution in [3.63, 3.8) is 0 Å². The van der Waals surface area contributed by atoms with Gasteiger partial charge in [-0.2, -0.15) is 9.37 Å². The van der Waals surface area contributed by atoms with Crippen LogP contribution in [0.25, 0.3) is 22.2 Å². The largest absolute Gasteiger partial charge is 0.402 e. The highest BCUT2D eigenvalue weighted by atomic mass is 19.1. The van der Waals surface area contributed by atoms with Crippen LogP contribution in [0, 0.1) is 5.95 Å². The van der Waals surface area contributed by atoms with E-state index in [0.29, 0.717) is 16.9 Å². The van der Waals surface area contributed by atoms with E-state index in [1.54, 1.807) is 18.3 Å². The fourth-order valence-corrected chi connectivity index (χ4v) is 2.92. The van der Waals surface area contributed by atoms with Crippen LogP contribution in [0.15, 0.2) is 65.7 Å². The lowest BCUT2D eigenvalue weighted by atomic mass is 10.1. The van der Waals surface area contributed by atoms with Gasteiger partial charge >= 0.3 is 5.69 Å². The molecular weight excluding hydrogens is 385 g/mol. The molecule has 0 atom stereocenters. The molecule has 0 bridgehead atoms. The second kappa shape index (κ2) is 7.55. The van der Waals surface area contributed by atoms with Crippen molar-refractivity contribution in [2.45, 2.75) is 26.4 Å². The van der Waals surface area contributed by atoms with Crippen molar-refractivity contribution in [1.29, 1.82) is 0 Å². The number of nitrogens with zero attached hydrogens (tertiary/aromatic N) is 4. The molecule has 4 aromatic rings. The van der Waals surface area contributed by atoms with Gasteiger partial charge in [0.2, 0.25) is 5.95 Å². The lowest BCUT2D eigenvalue weighted by Crippen LogP contribution is -2.39. The third-order valence-electron chi connectivity index (χ3n) is 4.19. The van der Waals surface area contributed by atoms with E-state index in [1.807, 2.05) is 51.1 Å². The Morgan fingerprint density at radius 1 is 1.00 bits per heavy atom. The van der Waals surface area contributed by atoms with E-state index in [2.05, 4.69) is 20.3 Å². The summed E-state index contributed by atoms with van der Waals surface area (Å²) in [6.45, 7) is 5.54. The molecule has 0 aliphatic rings. The molecule has 1 N–H and O–H groups in total. The number of rotatable bonds is 4. The predicted molar refractivity (Wildman–Crippen MR) is 113 cm³/mol. The van der Waals surface area contributed by atoms with E-state index < -0.39 is 17.2 Å². The van der Waals surface area contributed by atoms with Gasteiger partial charge in [0.05, 0.1) is 5.39 Å². The Hall–Kier alpha value is -3.81. The highest BCUT2D eigenvalue weighted by Crippen LogP contribution is 2.25. The zero-order valence-electron chi connectivity index (χ0n) is 16.8. The molecular formula is C22H20FN5O2. The topological polar surface area (TPSA) is 81.9 Å². The maximum atomic E-state index is 13.0. The van der Waals surface area contributed by atoms with Gasteiger partial charge < -0.3 is 10.2 Å². The molecule has 0 aliphatic heterocycles. The Morgan fingerprint density at radius 2 is 1.73 bits per heavy atom. The first-order valence-electron chi connectivity index (χ1n) is 9.36. The Bertz CT molecular complexity index is 1250. The van der Waals surface area contributed by atoms with Gasteiger partial charge in [-0.1, -0.05) is 12.1 Å². The second-order valence-corrected chi connectivity index (χ2v) is 7.69. The predicted octanol–water partition coefficient (Wildman–Crippen LogP) is 3.96. The monoisotopic (exact) mass is 405 g/mol. The van der Waals surface area contributed by atoms with Crippen LogP contribution in [0.5, 0.6) is 0 Å². The SMILES string of the molecule is CC(C)(C)On1c(=O)nc(Nc2ccc(-c3ccc(F)nc3)cc2)c2cccnc21. The molecule has 8 heteroatoms. The van der Waals surface area contributed by atoms with Crippen LogP contribution >= 0.6 is 0 Å². The quantitative estimate of drug-likeness (QED) is 0.518. The molecule has 0 spiro atoms. The highest BCUT2D eigenvalue weighted by Gasteiger charge is 2.18. The zero-order chi connectivity index (χ0) is 21.3. The molecule has 3 heterocycles. The molecule has 0 radical (unpaired) electrons. The number of hydrogen-bond donors (Lipinski definition) is 1. The Balaban J connectivity index is 1.68. The first-order valence-corrected chi connectivity index (χ1v) is 9.36. The molecule has 0 saturated carbocycles. The molecule has 0 aliphatic carbocycles. The van der Waals surface area contributed by atoms with Crippen molar-refractivity contribution in [2.24, 2.45) is 0 Å². The number of fused-ring (bicyclic) bond motifs is 1. The summed E-state index contributed by atoms with van der Waals surface area (Å²) in [5.74, 6) is -0.137. The van der Waals surface area contributed by atoms with E-state index >= 15 is 0 Å². The van der Waals surface area contributed by atoms with Gasteiger partial charge in [0.1, 0.15) is 11.4 Å². The number of aromatic nitrogens is 4. The number of halogens is 1. The van der Waals surface area contributed by atoms with Crippen molar-refractivity contribution in [3.05, 3.63) is 77.4 Å². The van der Waals surface area contributed by atoms with E-state index in [0.717, 1.165) is 21.5 Å². The van der Waals surface area contributed by atoms with Crippen LogP contribution in [-0.4, -0.2) is 25.3 Å². The fraction of sp³-hybridized carbons (Fsp3) is 0.182. The van der Waals surface area contributed by atoms with Gasteiger partial charge in [-0.15, -0.1) is 4.73 Å². The van der Waals surface area contributed by atoms with E-state index in [-0.39, 0.29) is 0 Å². The number of hydrogen-bond acceptors (Lipinski definition) is 6. The van der Waals surface area contributed by atoms with E-state index in [4.69, 9.17) is 4.84 Å². The average molecular weight is 405 g/mol. The summed E-state index contributed by atoms with van der Waals surface area (Å²) < 4.78 is 14.1. The second-order valence-electron chi connectivity index (χ2n) is 7.69. The molecule has 0 saturated heterocycles. The third-order valence-corrected chi connectivity index (χ3v) is 4.19. The summed E-state index contributed by atoms with van der Waals surface area (Å²) in [6, 6.07) is 14.0. The van der Waals surface area contributed by atoms with Crippen molar-refractivity contribution >= 4 is 22.5 Å². The van der Waals surface area contributed by atoms with Crippen LogP contribution in [0.2, 0.25) is 0 Å². The number of anilines is 2. The minimum Gasteiger partial charge on any atom is -0.402 e. The summed E-state index contributed by atoms with van der Waals surface area (Å²) in [5, 5.41) is 3.82. The van der Waals surface area contributed by atoms with Gasteiger partial charge in [-0.25, -0.2) is 14.8 Å². The van der Waals surface area contributed by atoms with E-state index in [1.165, 1.54) is 12.3 Å². The molecule has 0 fully saturated rings. The fourth-order valence-electron chi connectivity index (χ4n) is 2.92. The molecule has 30 heavy (non-hydrogen) atoms. The molecule has 0 unspecified atom stereocenters. The smallest absolute Gasteiger partial charge is 0.384 e. The molecule has 4 rings (SSSR count). The van der Waals surface area contributed by atoms with Crippen LogP contribution in [0.1, 0.15) is 20.8 Å². The van der Waals surface area contributed by atoms with Crippen molar-refractivity contribution < 1.29 is 9.23 Å². The van der Waals surface area contributed by atoms with Crippen molar-refractivity contribution in [3.8, 4) is 11.1 Å². The molecule has 0 amide bonds. The van der Waals surface area contributed by atoms with Gasteiger partial charge in [0.25, 0.3) is 0 Å². The first kappa shape index (κ1) is 19.5. The minimum atomic E-state index is -0.587. The molecule has 152 valence electrons. The standard InChI is InChI=1S/C22H20FN5O2/c1-22(2,3)30-28-20-17(5-4-12-24-20)19(27-21(28)29)26-16-9-6-14(7-10-16)15-8-11-18(23)25-13-15/h4-13H,1-3H3,(H,26,27,29). The van der Waals surface area contributed by atoms with Gasteiger partial charge in [0, 0.05) is 23.6 Å².